The maximum atomic E-state index is 6.43. The summed E-state index contributed by atoms with van der Waals surface area (Å²) >= 11 is 0. The van der Waals surface area contributed by atoms with Gasteiger partial charge in [0, 0.05) is 17.5 Å². The van der Waals surface area contributed by atoms with Crippen molar-refractivity contribution in [1.82, 2.24) is 5.01 Å². The molecule has 0 spiro atoms. The van der Waals surface area contributed by atoms with E-state index < -0.39 is 0 Å². The van der Waals surface area contributed by atoms with Crippen molar-refractivity contribution in [2.75, 3.05) is 0 Å². The van der Waals surface area contributed by atoms with Crippen LogP contribution < -0.4 is 9.47 Å². The van der Waals surface area contributed by atoms with Crippen molar-refractivity contribution in [2.24, 2.45) is 5.10 Å². The lowest BCUT2D eigenvalue weighted by Gasteiger charge is -2.38. The predicted molar refractivity (Wildman–Crippen MR) is 119 cm³/mol. The molecule has 0 radical (unpaired) electrons. The third-order valence-corrected chi connectivity index (χ3v) is 5.62. The number of aryl methyl sites for hydroxylation is 1. The lowest BCUT2D eigenvalue weighted by molar-refractivity contribution is -0.0190. The molecule has 5 rings (SSSR count). The second-order valence-corrected chi connectivity index (χ2v) is 8.26. The first-order valence-corrected chi connectivity index (χ1v) is 10.5. The number of benzene rings is 3. The summed E-state index contributed by atoms with van der Waals surface area (Å²) in [4.78, 5) is 0. The summed E-state index contributed by atoms with van der Waals surface area (Å²) in [6.07, 6.45) is 0.758. The molecule has 0 saturated carbocycles. The van der Waals surface area contributed by atoms with Gasteiger partial charge in [0.1, 0.15) is 11.5 Å². The number of rotatable bonds is 4. The Kier molecular flexibility index (Phi) is 4.70. The van der Waals surface area contributed by atoms with Crippen molar-refractivity contribution in [1.29, 1.82) is 0 Å². The number of nitrogens with zero attached hydrogens (tertiary/aromatic N) is 2. The van der Waals surface area contributed by atoms with Gasteiger partial charge in [0.25, 0.3) is 0 Å². The maximum absolute atomic E-state index is 6.43. The van der Waals surface area contributed by atoms with Crippen LogP contribution >= 0.6 is 0 Å². The Bertz CT molecular complexity index is 1070. The van der Waals surface area contributed by atoms with E-state index in [1.54, 1.807) is 0 Å². The van der Waals surface area contributed by atoms with Crippen LogP contribution in [0.25, 0.3) is 0 Å². The molecule has 30 heavy (non-hydrogen) atoms. The van der Waals surface area contributed by atoms with Crippen LogP contribution in [0, 0.1) is 6.92 Å². The van der Waals surface area contributed by atoms with Gasteiger partial charge in [-0.2, -0.15) is 5.10 Å². The van der Waals surface area contributed by atoms with E-state index >= 15 is 0 Å². The molecule has 2 aliphatic heterocycles. The molecule has 2 atom stereocenters. The predicted octanol–water partition coefficient (Wildman–Crippen LogP) is 6.02. The van der Waals surface area contributed by atoms with Crippen molar-refractivity contribution < 1.29 is 9.47 Å². The summed E-state index contributed by atoms with van der Waals surface area (Å²) < 4.78 is 12.2. The van der Waals surface area contributed by atoms with E-state index in [1.807, 2.05) is 32.0 Å². The molecular weight excluding hydrogens is 372 g/mol. The molecule has 3 aromatic rings. The lowest BCUT2D eigenvalue weighted by Crippen LogP contribution is -2.33. The molecule has 4 nitrogen and oxygen atoms in total. The van der Waals surface area contributed by atoms with Gasteiger partial charge in [-0.25, -0.2) is 5.01 Å². The van der Waals surface area contributed by atoms with Crippen molar-refractivity contribution in [2.45, 2.75) is 45.6 Å². The number of hydrogen-bond acceptors (Lipinski definition) is 4. The van der Waals surface area contributed by atoms with E-state index in [0.717, 1.165) is 29.2 Å². The molecule has 0 aliphatic carbocycles. The van der Waals surface area contributed by atoms with E-state index in [4.69, 9.17) is 14.6 Å². The maximum Gasteiger partial charge on any atom is 0.213 e. The second-order valence-electron chi connectivity index (χ2n) is 8.26. The van der Waals surface area contributed by atoms with Gasteiger partial charge in [-0.15, -0.1) is 0 Å². The highest BCUT2D eigenvalue weighted by Gasteiger charge is 2.40. The molecular formula is C26H26N2O2. The van der Waals surface area contributed by atoms with Gasteiger partial charge < -0.3 is 9.47 Å². The first-order valence-electron chi connectivity index (χ1n) is 10.5. The highest BCUT2D eigenvalue weighted by molar-refractivity contribution is 6.02. The summed E-state index contributed by atoms with van der Waals surface area (Å²) in [5.41, 5.74) is 5.79. The van der Waals surface area contributed by atoms with E-state index in [1.165, 1.54) is 16.7 Å². The van der Waals surface area contributed by atoms with E-state index in [-0.39, 0.29) is 18.4 Å². The average Bonchev–Trinajstić information content (AvgIpc) is 3.20. The Morgan fingerprint density at radius 2 is 1.70 bits per heavy atom. The third-order valence-electron chi connectivity index (χ3n) is 5.62. The molecule has 0 N–H and O–H groups in total. The van der Waals surface area contributed by atoms with Crippen LogP contribution in [0.5, 0.6) is 11.5 Å². The summed E-state index contributed by atoms with van der Waals surface area (Å²) in [6.45, 7) is 6.17. The number of fused-ring (bicyclic) bond motifs is 3. The van der Waals surface area contributed by atoms with E-state index in [2.05, 4.69) is 66.5 Å². The standard InChI is InChI=1S/C26H26N2O2/c1-17(2)29-21-14-12-20(13-15-21)26-28-24(22-6-4-5-7-25(22)30-26)16-23(27-28)19-10-8-18(3)9-11-19/h4-15,17,24,26H,16H2,1-3H3/t24-,26-/m1/s1. The topological polar surface area (TPSA) is 34.1 Å². The Labute approximate surface area is 177 Å². The first kappa shape index (κ1) is 18.7. The molecule has 3 aromatic carbocycles. The minimum Gasteiger partial charge on any atom is -0.491 e. The normalized spacial score (nSPS) is 19.7. The largest absolute Gasteiger partial charge is 0.491 e. The molecule has 0 amide bonds. The number of para-hydroxylation sites is 1. The van der Waals surface area contributed by atoms with Crippen molar-refractivity contribution in [3.8, 4) is 11.5 Å². The summed E-state index contributed by atoms with van der Waals surface area (Å²) in [6, 6.07) is 25.3. The Balaban J connectivity index is 1.51. The van der Waals surface area contributed by atoms with Crippen LogP contribution in [0.1, 0.15) is 54.8 Å². The summed E-state index contributed by atoms with van der Waals surface area (Å²) in [5.74, 6) is 1.80. The molecule has 4 heteroatoms. The fourth-order valence-electron chi connectivity index (χ4n) is 4.16. The van der Waals surface area contributed by atoms with Gasteiger partial charge in [-0.3, -0.25) is 0 Å². The monoisotopic (exact) mass is 398 g/mol. The molecule has 0 unspecified atom stereocenters. The quantitative estimate of drug-likeness (QED) is 0.538. The highest BCUT2D eigenvalue weighted by Crippen LogP contribution is 2.47. The molecule has 0 saturated heterocycles. The zero-order chi connectivity index (χ0) is 20.7. The van der Waals surface area contributed by atoms with Crippen molar-refractivity contribution in [3.63, 3.8) is 0 Å². The van der Waals surface area contributed by atoms with Crippen LogP contribution in [0.2, 0.25) is 0 Å². The van der Waals surface area contributed by atoms with Gasteiger partial charge in [0.05, 0.1) is 17.9 Å². The van der Waals surface area contributed by atoms with Crippen LogP contribution in [-0.4, -0.2) is 16.8 Å². The fraction of sp³-hybridized carbons (Fsp3) is 0.269. The van der Waals surface area contributed by atoms with Gasteiger partial charge >= 0.3 is 0 Å². The number of hydrazone groups is 1. The van der Waals surface area contributed by atoms with Gasteiger partial charge in [0.15, 0.2) is 0 Å². The first-order chi connectivity index (χ1) is 14.6. The minimum absolute atomic E-state index is 0.151. The van der Waals surface area contributed by atoms with Crippen molar-refractivity contribution in [3.05, 3.63) is 95.1 Å². The van der Waals surface area contributed by atoms with Crippen molar-refractivity contribution >= 4 is 5.71 Å². The second kappa shape index (κ2) is 7.52. The Morgan fingerprint density at radius 3 is 2.43 bits per heavy atom. The highest BCUT2D eigenvalue weighted by atomic mass is 16.5. The fourth-order valence-corrected chi connectivity index (χ4v) is 4.16. The zero-order valence-corrected chi connectivity index (χ0v) is 17.6. The minimum atomic E-state index is -0.263. The van der Waals surface area contributed by atoms with Gasteiger partial charge in [0.2, 0.25) is 6.23 Å². The van der Waals surface area contributed by atoms with Crippen LogP contribution in [-0.2, 0) is 0 Å². The smallest absolute Gasteiger partial charge is 0.213 e. The number of ether oxygens (including phenoxy) is 2. The SMILES string of the molecule is Cc1ccc(C2=NN3[C@H](C2)c2ccccc2O[C@@H]3c2ccc(OC(C)C)cc2)cc1. The summed E-state index contributed by atoms with van der Waals surface area (Å²) in [5, 5.41) is 7.15. The molecule has 0 fully saturated rings. The van der Waals surface area contributed by atoms with Crippen LogP contribution in [0.15, 0.2) is 77.9 Å². The van der Waals surface area contributed by atoms with Crippen LogP contribution in [0.4, 0.5) is 0 Å². The van der Waals surface area contributed by atoms with E-state index in [0.29, 0.717) is 0 Å². The van der Waals surface area contributed by atoms with E-state index in [9.17, 15) is 0 Å². The Morgan fingerprint density at radius 1 is 0.967 bits per heavy atom. The molecule has 0 bridgehead atoms. The third kappa shape index (κ3) is 3.43. The lowest BCUT2D eigenvalue weighted by atomic mass is 9.95. The molecule has 0 aromatic heterocycles. The summed E-state index contributed by atoms with van der Waals surface area (Å²) in [7, 11) is 0. The zero-order valence-electron chi connectivity index (χ0n) is 17.6. The van der Waals surface area contributed by atoms with Crippen LogP contribution in [0.3, 0.4) is 0 Å². The van der Waals surface area contributed by atoms with Gasteiger partial charge in [-0.05, 0) is 56.7 Å². The average molecular weight is 399 g/mol. The molecule has 152 valence electrons. The van der Waals surface area contributed by atoms with Gasteiger partial charge in [-0.1, -0.05) is 48.0 Å². The molecule has 2 aliphatic rings. The molecule has 2 heterocycles. The Hall–Kier alpha value is -3.27. The number of hydrogen-bond donors (Lipinski definition) is 0.